The zero-order valence-corrected chi connectivity index (χ0v) is 11.2. The lowest BCUT2D eigenvalue weighted by molar-refractivity contribution is 0.352. The third kappa shape index (κ3) is 2.39. The van der Waals surface area contributed by atoms with Crippen LogP contribution < -0.4 is 10.1 Å². The van der Waals surface area contributed by atoms with Gasteiger partial charge in [0.2, 0.25) is 0 Å². The molecule has 0 saturated heterocycles. The van der Waals surface area contributed by atoms with E-state index in [0.717, 1.165) is 36.6 Å². The van der Waals surface area contributed by atoms with Gasteiger partial charge in [0.15, 0.2) is 0 Å². The molecule has 1 N–H and O–H groups in total. The van der Waals surface area contributed by atoms with Gasteiger partial charge in [-0.25, -0.2) is 0 Å². The summed E-state index contributed by atoms with van der Waals surface area (Å²) in [7, 11) is 1.75. The van der Waals surface area contributed by atoms with Crippen molar-refractivity contribution in [1.29, 1.82) is 0 Å². The second-order valence-corrected chi connectivity index (χ2v) is 5.80. The number of fused-ring (bicyclic) bond motifs is 2. The van der Waals surface area contributed by atoms with Crippen LogP contribution in [0.5, 0.6) is 5.75 Å². The van der Waals surface area contributed by atoms with Gasteiger partial charge in [0.1, 0.15) is 5.75 Å². The van der Waals surface area contributed by atoms with Crippen LogP contribution in [0, 0.1) is 11.8 Å². The molecule has 0 amide bonds. The fourth-order valence-corrected chi connectivity index (χ4v) is 3.80. The lowest BCUT2D eigenvalue weighted by atomic mass is 9.95. The number of ether oxygens (including phenoxy) is 1. The summed E-state index contributed by atoms with van der Waals surface area (Å²) < 4.78 is 5.39. The molecular formula is C16H23NO. The molecule has 2 nitrogen and oxygen atoms in total. The SMILES string of the molecule is COc1ccccc1CCN[C@@H]1C[C@@H]2CC[C@@H]1C2. The molecular weight excluding hydrogens is 222 g/mol. The maximum absolute atomic E-state index is 5.39. The minimum atomic E-state index is 0.790. The smallest absolute Gasteiger partial charge is 0.122 e. The standard InChI is InChI=1S/C16H23NO/c1-18-16-5-3-2-4-13(16)8-9-17-15-11-12-6-7-14(15)10-12/h2-5,12,14-15,17H,6-11H2,1H3/t12-,14-,15-/m1/s1. The summed E-state index contributed by atoms with van der Waals surface area (Å²) in [6.45, 7) is 1.08. The minimum Gasteiger partial charge on any atom is -0.496 e. The van der Waals surface area contributed by atoms with Crippen molar-refractivity contribution >= 4 is 0 Å². The van der Waals surface area contributed by atoms with Crippen LogP contribution in [0.4, 0.5) is 0 Å². The fraction of sp³-hybridized carbons (Fsp3) is 0.625. The van der Waals surface area contributed by atoms with E-state index in [1.165, 1.54) is 31.2 Å². The van der Waals surface area contributed by atoms with Crippen LogP contribution in [0.3, 0.4) is 0 Å². The van der Waals surface area contributed by atoms with Gasteiger partial charge in [-0.3, -0.25) is 0 Å². The minimum absolute atomic E-state index is 0.790. The van der Waals surface area contributed by atoms with E-state index in [4.69, 9.17) is 4.74 Å². The van der Waals surface area contributed by atoms with Crippen molar-refractivity contribution in [2.24, 2.45) is 11.8 Å². The van der Waals surface area contributed by atoms with Gasteiger partial charge < -0.3 is 10.1 Å². The molecule has 2 aliphatic rings. The topological polar surface area (TPSA) is 21.3 Å². The van der Waals surface area contributed by atoms with Crippen molar-refractivity contribution in [2.75, 3.05) is 13.7 Å². The Morgan fingerprint density at radius 3 is 2.83 bits per heavy atom. The summed E-state index contributed by atoms with van der Waals surface area (Å²) in [5, 5.41) is 3.76. The second-order valence-electron chi connectivity index (χ2n) is 5.80. The first-order valence-electron chi connectivity index (χ1n) is 7.22. The van der Waals surface area contributed by atoms with Gasteiger partial charge in [-0.2, -0.15) is 0 Å². The lowest BCUT2D eigenvalue weighted by Gasteiger charge is -2.23. The normalized spacial score (nSPS) is 29.7. The van der Waals surface area contributed by atoms with Crippen LogP contribution in [0.1, 0.15) is 31.2 Å². The van der Waals surface area contributed by atoms with Crippen molar-refractivity contribution < 1.29 is 4.74 Å². The van der Waals surface area contributed by atoms with E-state index in [9.17, 15) is 0 Å². The van der Waals surface area contributed by atoms with E-state index in [-0.39, 0.29) is 0 Å². The van der Waals surface area contributed by atoms with E-state index in [1.54, 1.807) is 7.11 Å². The van der Waals surface area contributed by atoms with Crippen LogP contribution >= 0.6 is 0 Å². The highest BCUT2D eigenvalue weighted by molar-refractivity contribution is 5.33. The van der Waals surface area contributed by atoms with E-state index >= 15 is 0 Å². The summed E-state index contributed by atoms with van der Waals surface area (Å²) in [6.07, 6.45) is 6.90. The van der Waals surface area contributed by atoms with Crippen LogP contribution in [-0.2, 0) is 6.42 Å². The molecule has 3 atom stereocenters. The molecule has 1 aromatic rings. The van der Waals surface area contributed by atoms with E-state index in [1.807, 2.05) is 12.1 Å². The van der Waals surface area contributed by atoms with Gasteiger partial charge in [-0.05, 0) is 55.7 Å². The molecule has 2 saturated carbocycles. The van der Waals surface area contributed by atoms with E-state index in [2.05, 4.69) is 17.4 Å². The number of rotatable bonds is 5. The van der Waals surface area contributed by atoms with Crippen LogP contribution in [0.15, 0.2) is 24.3 Å². The monoisotopic (exact) mass is 245 g/mol. The predicted molar refractivity (Wildman–Crippen MR) is 73.9 cm³/mol. The second kappa shape index (κ2) is 5.31. The summed E-state index contributed by atoms with van der Waals surface area (Å²) >= 11 is 0. The number of hydrogen-bond acceptors (Lipinski definition) is 2. The van der Waals surface area contributed by atoms with Crippen LogP contribution in [0.25, 0.3) is 0 Å². The summed E-state index contributed by atoms with van der Waals surface area (Å²) in [4.78, 5) is 0. The van der Waals surface area contributed by atoms with Crippen LogP contribution in [-0.4, -0.2) is 19.7 Å². The molecule has 0 aromatic heterocycles. The Hall–Kier alpha value is -1.02. The highest BCUT2D eigenvalue weighted by atomic mass is 16.5. The molecule has 0 aliphatic heterocycles. The average Bonchev–Trinajstić information content (AvgIpc) is 3.02. The molecule has 2 bridgehead atoms. The lowest BCUT2D eigenvalue weighted by Crippen LogP contribution is -2.35. The molecule has 2 fully saturated rings. The first kappa shape index (κ1) is 12.0. The molecule has 3 rings (SSSR count). The highest BCUT2D eigenvalue weighted by Crippen LogP contribution is 2.44. The molecule has 0 radical (unpaired) electrons. The van der Waals surface area contributed by atoms with Crippen molar-refractivity contribution in [3.05, 3.63) is 29.8 Å². The van der Waals surface area contributed by atoms with Crippen molar-refractivity contribution in [3.8, 4) is 5.75 Å². The van der Waals surface area contributed by atoms with Crippen LogP contribution in [0.2, 0.25) is 0 Å². The quantitative estimate of drug-likeness (QED) is 0.861. The maximum Gasteiger partial charge on any atom is 0.122 e. The Kier molecular flexibility index (Phi) is 3.55. The fourth-order valence-electron chi connectivity index (χ4n) is 3.80. The van der Waals surface area contributed by atoms with Crippen molar-refractivity contribution in [3.63, 3.8) is 0 Å². The average molecular weight is 245 g/mol. The first-order chi connectivity index (χ1) is 8.86. The zero-order chi connectivity index (χ0) is 12.4. The van der Waals surface area contributed by atoms with E-state index in [0.29, 0.717) is 0 Å². The third-order valence-corrected chi connectivity index (χ3v) is 4.73. The molecule has 0 heterocycles. The Morgan fingerprint density at radius 2 is 2.11 bits per heavy atom. The van der Waals surface area contributed by atoms with Gasteiger partial charge in [0.05, 0.1) is 7.11 Å². The Bertz CT molecular complexity index is 404. The molecule has 2 heteroatoms. The largest absolute Gasteiger partial charge is 0.496 e. The number of methoxy groups -OCH3 is 1. The van der Waals surface area contributed by atoms with E-state index < -0.39 is 0 Å². The Labute approximate surface area is 110 Å². The van der Waals surface area contributed by atoms with Gasteiger partial charge in [0, 0.05) is 6.04 Å². The third-order valence-electron chi connectivity index (χ3n) is 4.73. The maximum atomic E-state index is 5.39. The molecule has 1 aromatic carbocycles. The molecule has 18 heavy (non-hydrogen) atoms. The zero-order valence-electron chi connectivity index (χ0n) is 11.2. The van der Waals surface area contributed by atoms with Gasteiger partial charge in [0.25, 0.3) is 0 Å². The number of hydrogen-bond donors (Lipinski definition) is 1. The molecule has 0 unspecified atom stereocenters. The van der Waals surface area contributed by atoms with Crippen molar-refractivity contribution in [1.82, 2.24) is 5.32 Å². The van der Waals surface area contributed by atoms with Gasteiger partial charge in [-0.15, -0.1) is 0 Å². The van der Waals surface area contributed by atoms with Gasteiger partial charge in [-0.1, -0.05) is 24.6 Å². The molecule has 98 valence electrons. The summed E-state index contributed by atoms with van der Waals surface area (Å²) in [5.41, 5.74) is 1.32. The predicted octanol–water partition coefficient (Wildman–Crippen LogP) is 3.02. The first-order valence-corrected chi connectivity index (χ1v) is 7.22. The molecule has 0 spiro atoms. The number of nitrogens with one attached hydrogen (secondary N) is 1. The van der Waals surface area contributed by atoms with Gasteiger partial charge >= 0.3 is 0 Å². The number of para-hydroxylation sites is 1. The summed E-state index contributed by atoms with van der Waals surface area (Å²) in [6, 6.07) is 9.13. The van der Waals surface area contributed by atoms with Crippen molar-refractivity contribution in [2.45, 2.75) is 38.1 Å². The Balaban J connectivity index is 1.50. The molecule has 2 aliphatic carbocycles. The number of benzene rings is 1. The highest BCUT2D eigenvalue weighted by Gasteiger charge is 2.38. The summed E-state index contributed by atoms with van der Waals surface area (Å²) in [5.74, 6) is 3.01. The Morgan fingerprint density at radius 1 is 1.22 bits per heavy atom.